The number of fused-ring (bicyclic) bond motifs is 1. The maximum atomic E-state index is 9.83. The molecule has 1 unspecified atom stereocenters. The van der Waals surface area contributed by atoms with Crippen molar-refractivity contribution in [2.45, 2.75) is 6.23 Å². The van der Waals surface area contributed by atoms with Crippen molar-refractivity contribution in [1.82, 2.24) is 4.90 Å². The topological polar surface area (TPSA) is 39.1 Å². The van der Waals surface area contributed by atoms with Crippen LogP contribution in [-0.4, -0.2) is 41.8 Å². The van der Waals surface area contributed by atoms with Crippen molar-refractivity contribution in [3.8, 4) is 0 Å². The van der Waals surface area contributed by atoms with Crippen molar-refractivity contribution in [2.75, 3.05) is 24.5 Å². The maximum Gasteiger partial charge on any atom is 0.203 e. The summed E-state index contributed by atoms with van der Waals surface area (Å²) in [6.07, 6.45) is -0.411. The predicted molar refractivity (Wildman–Crippen MR) is 58.8 cm³/mol. The molecule has 78 valence electrons. The summed E-state index contributed by atoms with van der Waals surface area (Å²) >= 11 is 0. The van der Waals surface area contributed by atoms with Gasteiger partial charge in [-0.05, 0) is 12.1 Å². The highest BCUT2D eigenvalue weighted by molar-refractivity contribution is 5.99. The Morgan fingerprint density at radius 2 is 2.07 bits per heavy atom. The Hall–Kier alpha value is -1.55. The van der Waals surface area contributed by atoms with Crippen LogP contribution in [0.25, 0.3) is 0 Å². The molecule has 4 heteroatoms. The number of hydrogen-bond donors (Lipinski definition) is 1. The summed E-state index contributed by atoms with van der Waals surface area (Å²) in [4.78, 5) is 8.43. The number of aliphatic hydroxyl groups excluding tert-OH is 1. The van der Waals surface area contributed by atoms with E-state index in [1.54, 1.807) is 0 Å². The van der Waals surface area contributed by atoms with Gasteiger partial charge in [-0.3, -0.25) is 4.99 Å². The van der Waals surface area contributed by atoms with Gasteiger partial charge < -0.3 is 14.9 Å². The lowest BCUT2D eigenvalue weighted by atomic mass is 10.3. The number of rotatable bonds is 1. The minimum Gasteiger partial charge on any atom is -0.372 e. The smallest absolute Gasteiger partial charge is 0.203 e. The van der Waals surface area contributed by atoms with Crippen molar-refractivity contribution in [3.63, 3.8) is 0 Å². The van der Waals surface area contributed by atoms with Crippen LogP contribution in [0.5, 0.6) is 0 Å². The summed E-state index contributed by atoms with van der Waals surface area (Å²) in [5, 5.41) is 9.83. The third-order valence-corrected chi connectivity index (χ3v) is 2.87. The summed E-state index contributed by atoms with van der Waals surface area (Å²) in [6.45, 7) is 2.23. The van der Waals surface area contributed by atoms with Crippen LogP contribution in [0.4, 0.5) is 5.69 Å². The largest absolute Gasteiger partial charge is 0.372 e. The molecule has 0 bridgehead atoms. The molecule has 1 aromatic rings. The van der Waals surface area contributed by atoms with Gasteiger partial charge >= 0.3 is 0 Å². The first-order chi connectivity index (χ1) is 7.36. The van der Waals surface area contributed by atoms with E-state index in [1.165, 1.54) is 0 Å². The van der Waals surface area contributed by atoms with E-state index in [0.717, 1.165) is 24.7 Å². The first-order valence-electron chi connectivity index (χ1n) is 5.18. The van der Waals surface area contributed by atoms with Crippen molar-refractivity contribution in [2.24, 2.45) is 4.99 Å². The molecule has 1 fully saturated rings. The first kappa shape index (κ1) is 8.73. The Kier molecular flexibility index (Phi) is 1.89. The second-order valence-electron chi connectivity index (χ2n) is 3.80. The molecule has 2 heterocycles. The second-order valence-corrected chi connectivity index (χ2v) is 3.80. The van der Waals surface area contributed by atoms with E-state index in [1.807, 2.05) is 35.2 Å². The van der Waals surface area contributed by atoms with Crippen LogP contribution in [0.15, 0.2) is 35.3 Å². The molecule has 1 N–H and O–H groups in total. The molecule has 0 aliphatic carbocycles. The number of hydrogen-bond acceptors (Lipinski definition) is 4. The zero-order chi connectivity index (χ0) is 10.3. The number of para-hydroxylation sites is 1. The third-order valence-electron chi connectivity index (χ3n) is 2.87. The van der Waals surface area contributed by atoms with Crippen LogP contribution in [-0.2, 0) is 0 Å². The molecule has 2 aliphatic heterocycles. The fraction of sp³-hybridized carbons (Fsp3) is 0.364. The lowest BCUT2D eigenvalue weighted by Gasteiger charge is -2.17. The number of anilines is 1. The van der Waals surface area contributed by atoms with Crippen LogP contribution >= 0.6 is 0 Å². The Morgan fingerprint density at radius 3 is 2.87 bits per heavy atom. The molecule has 0 amide bonds. The van der Waals surface area contributed by atoms with Gasteiger partial charge in [0.1, 0.15) is 6.23 Å². The van der Waals surface area contributed by atoms with Crippen LogP contribution in [0.3, 0.4) is 0 Å². The number of aliphatic imine (C=N–C) groups is 1. The van der Waals surface area contributed by atoms with Crippen molar-refractivity contribution < 1.29 is 5.11 Å². The summed E-state index contributed by atoms with van der Waals surface area (Å²) in [5.41, 5.74) is 1.10. The minimum absolute atomic E-state index is 0.411. The summed E-state index contributed by atoms with van der Waals surface area (Å²) in [5.74, 6) is 0.911. The lowest BCUT2D eigenvalue weighted by molar-refractivity contribution is 0.0859. The van der Waals surface area contributed by atoms with Crippen molar-refractivity contribution >= 4 is 11.6 Å². The highest BCUT2D eigenvalue weighted by Gasteiger charge is 2.36. The fourth-order valence-corrected chi connectivity index (χ4v) is 2.14. The average molecular weight is 203 g/mol. The molecule has 0 spiro atoms. The molecule has 0 aromatic heterocycles. The first-order valence-corrected chi connectivity index (χ1v) is 5.18. The Balaban J connectivity index is 1.95. The van der Waals surface area contributed by atoms with E-state index in [2.05, 4.69) is 9.89 Å². The van der Waals surface area contributed by atoms with E-state index in [-0.39, 0.29) is 0 Å². The zero-order valence-corrected chi connectivity index (χ0v) is 8.37. The highest BCUT2D eigenvalue weighted by Crippen LogP contribution is 2.24. The van der Waals surface area contributed by atoms with Crippen molar-refractivity contribution in [3.05, 3.63) is 30.3 Å². The van der Waals surface area contributed by atoms with Gasteiger partial charge in [0, 0.05) is 12.2 Å². The van der Waals surface area contributed by atoms with E-state index in [0.29, 0.717) is 6.54 Å². The predicted octanol–water partition coefficient (Wildman–Crippen LogP) is 0.497. The standard InChI is InChI=1S/C11H13N3O/c15-10-8-14(9-4-2-1-3-5-9)11-12-6-7-13(10)11/h1-5,10,15H,6-8H2. The van der Waals surface area contributed by atoms with Crippen LogP contribution in [0, 0.1) is 0 Å². The number of aliphatic hydroxyl groups is 1. The molecular weight excluding hydrogens is 190 g/mol. The maximum absolute atomic E-state index is 9.83. The SMILES string of the molecule is OC1CN(c2ccccc2)C2=NCCN21. The molecule has 1 aromatic carbocycles. The van der Waals surface area contributed by atoms with E-state index in [9.17, 15) is 5.11 Å². The molecule has 15 heavy (non-hydrogen) atoms. The number of guanidine groups is 1. The summed E-state index contributed by atoms with van der Waals surface area (Å²) < 4.78 is 0. The molecular formula is C11H13N3O. The van der Waals surface area contributed by atoms with Gasteiger partial charge in [-0.25, -0.2) is 0 Å². The average Bonchev–Trinajstić information content (AvgIpc) is 2.84. The lowest BCUT2D eigenvalue weighted by Crippen LogP contribution is -2.32. The normalized spacial score (nSPS) is 24.3. The zero-order valence-electron chi connectivity index (χ0n) is 8.37. The van der Waals surface area contributed by atoms with Crippen LogP contribution in [0.2, 0.25) is 0 Å². The molecule has 3 rings (SSSR count). The molecule has 1 atom stereocenters. The van der Waals surface area contributed by atoms with Crippen LogP contribution < -0.4 is 4.90 Å². The third kappa shape index (κ3) is 1.29. The van der Waals surface area contributed by atoms with Crippen LogP contribution in [0.1, 0.15) is 0 Å². The minimum atomic E-state index is -0.411. The summed E-state index contributed by atoms with van der Waals surface area (Å²) in [7, 11) is 0. The van der Waals surface area contributed by atoms with Gasteiger partial charge in [-0.2, -0.15) is 0 Å². The summed E-state index contributed by atoms with van der Waals surface area (Å²) in [6, 6.07) is 10.1. The van der Waals surface area contributed by atoms with E-state index < -0.39 is 6.23 Å². The Morgan fingerprint density at radius 1 is 1.27 bits per heavy atom. The van der Waals surface area contributed by atoms with Gasteiger partial charge in [0.05, 0.1) is 13.1 Å². The van der Waals surface area contributed by atoms with Gasteiger partial charge in [-0.15, -0.1) is 0 Å². The Bertz CT molecular complexity index is 390. The molecule has 0 radical (unpaired) electrons. The van der Waals surface area contributed by atoms with Gasteiger partial charge in [-0.1, -0.05) is 18.2 Å². The molecule has 4 nitrogen and oxygen atoms in total. The van der Waals surface area contributed by atoms with Gasteiger partial charge in [0.15, 0.2) is 0 Å². The molecule has 2 aliphatic rings. The highest BCUT2D eigenvalue weighted by atomic mass is 16.3. The van der Waals surface area contributed by atoms with Gasteiger partial charge in [0.2, 0.25) is 5.96 Å². The molecule has 0 saturated carbocycles. The van der Waals surface area contributed by atoms with E-state index >= 15 is 0 Å². The Labute approximate surface area is 88.5 Å². The number of nitrogens with zero attached hydrogens (tertiary/aromatic N) is 3. The van der Waals surface area contributed by atoms with E-state index in [4.69, 9.17) is 0 Å². The number of benzene rings is 1. The van der Waals surface area contributed by atoms with Gasteiger partial charge in [0.25, 0.3) is 0 Å². The monoisotopic (exact) mass is 203 g/mol. The van der Waals surface area contributed by atoms with Crippen molar-refractivity contribution in [1.29, 1.82) is 0 Å². The number of β-amino-alcohol motifs (C(OH)–C–C–N with tert-alkyl or cyclic N) is 1. The fourth-order valence-electron chi connectivity index (χ4n) is 2.14. The molecule has 1 saturated heterocycles. The quantitative estimate of drug-likeness (QED) is 0.722. The second kappa shape index (κ2) is 3.24.